The van der Waals surface area contributed by atoms with Gasteiger partial charge in [-0.25, -0.2) is 0 Å². The summed E-state index contributed by atoms with van der Waals surface area (Å²) in [7, 11) is 0. The zero-order valence-electron chi connectivity index (χ0n) is 5.09. The van der Waals surface area contributed by atoms with Crippen LogP contribution in [0.15, 0.2) is 23.8 Å². The fourth-order valence-corrected chi connectivity index (χ4v) is 1.60. The molecule has 2 unspecified atom stereocenters. The highest BCUT2D eigenvalue weighted by atomic mass is 14.3. The Morgan fingerprint density at radius 1 is 1.62 bits per heavy atom. The SMILES string of the molecule is CC1C=C2C=CC1C2. The molecule has 2 aliphatic carbocycles. The minimum atomic E-state index is 0.829. The molecule has 2 atom stereocenters. The summed E-state index contributed by atoms with van der Waals surface area (Å²) in [6, 6.07) is 0. The molecule has 0 aromatic carbocycles. The van der Waals surface area contributed by atoms with Crippen LogP contribution in [0.2, 0.25) is 0 Å². The smallest absolute Gasteiger partial charge is 0.0129 e. The first kappa shape index (κ1) is 4.37. The summed E-state index contributed by atoms with van der Waals surface area (Å²) in [5.74, 6) is 1.69. The molecular formula is C8H10. The van der Waals surface area contributed by atoms with Crippen molar-refractivity contribution in [3.8, 4) is 0 Å². The van der Waals surface area contributed by atoms with Gasteiger partial charge in [-0.05, 0) is 18.3 Å². The van der Waals surface area contributed by atoms with Gasteiger partial charge in [-0.3, -0.25) is 0 Å². The van der Waals surface area contributed by atoms with Crippen LogP contribution in [0.25, 0.3) is 0 Å². The van der Waals surface area contributed by atoms with E-state index in [1.165, 1.54) is 6.42 Å². The lowest BCUT2D eigenvalue weighted by atomic mass is 9.99. The Kier molecular flexibility index (Phi) is 0.682. The number of hydrogen-bond acceptors (Lipinski definition) is 0. The molecule has 0 aliphatic heterocycles. The zero-order valence-corrected chi connectivity index (χ0v) is 5.09. The second-order valence-electron chi connectivity index (χ2n) is 2.83. The van der Waals surface area contributed by atoms with Gasteiger partial charge in [0.15, 0.2) is 0 Å². The lowest BCUT2D eigenvalue weighted by molar-refractivity contribution is 0.560. The molecule has 0 heterocycles. The van der Waals surface area contributed by atoms with E-state index in [4.69, 9.17) is 0 Å². The van der Waals surface area contributed by atoms with Crippen LogP contribution in [0.5, 0.6) is 0 Å². The molecule has 0 N–H and O–H groups in total. The maximum absolute atomic E-state index is 2.38. The summed E-state index contributed by atoms with van der Waals surface area (Å²) in [6.45, 7) is 2.29. The summed E-state index contributed by atoms with van der Waals surface area (Å²) in [5.41, 5.74) is 1.56. The molecule has 0 saturated carbocycles. The first-order valence-electron chi connectivity index (χ1n) is 3.25. The van der Waals surface area contributed by atoms with Crippen molar-refractivity contribution in [3.05, 3.63) is 23.8 Å². The van der Waals surface area contributed by atoms with Crippen molar-refractivity contribution < 1.29 is 0 Å². The van der Waals surface area contributed by atoms with Crippen LogP contribution in [-0.4, -0.2) is 0 Å². The van der Waals surface area contributed by atoms with Crippen LogP contribution < -0.4 is 0 Å². The Labute approximate surface area is 49.9 Å². The van der Waals surface area contributed by atoms with Crippen molar-refractivity contribution in [2.45, 2.75) is 13.3 Å². The summed E-state index contributed by atoms with van der Waals surface area (Å²) in [5, 5.41) is 0. The number of hydrogen-bond donors (Lipinski definition) is 0. The lowest BCUT2D eigenvalue weighted by Crippen LogP contribution is -1.97. The summed E-state index contributed by atoms with van der Waals surface area (Å²) < 4.78 is 0. The molecule has 0 aromatic rings. The minimum Gasteiger partial charge on any atom is -0.0802 e. The molecule has 42 valence electrons. The van der Waals surface area contributed by atoms with E-state index >= 15 is 0 Å². The van der Waals surface area contributed by atoms with Gasteiger partial charge in [0.25, 0.3) is 0 Å². The van der Waals surface area contributed by atoms with Gasteiger partial charge in [0, 0.05) is 0 Å². The average molecular weight is 106 g/mol. The molecule has 0 amide bonds. The van der Waals surface area contributed by atoms with Crippen molar-refractivity contribution in [1.82, 2.24) is 0 Å². The molecule has 2 rings (SSSR count). The fraction of sp³-hybridized carbons (Fsp3) is 0.500. The number of rotatable bonds is 0. The van der Waals surface area contributed by atoms with E-state index in [2.05, 4.69) is 25.2 Å². The maximum atomic E-state index is 2.38. The van der Waals surface area contributed by atoms with Gasteiger partial charge in [0.05, 0.1) is 0 Å². The first-order chi connectivity index (χ1) is 3.86. The summed E-state index contributed by atoms with van der Waals surface area (Å²) in [6.07, 6.45) is 8.29. The van der Waals surface area contributed by atoms with Crippen molar-refractivity contribution in [2.75, 3.05) is 0 Å². The van der Waals surface area contributed by atoms with Crippen molar-refractivity contribution in [3.63, 3.8) is 0 Å². The Bertz CT molecular complexity index is 163. The lowest BCUT2D eigenvalue weighted by Gasteiger charge is -2.06. The van der Waals surface area contributed by atoms with Crippen LogP contribution in [0, 0.1) is 11.8 Å². The Morgan fingerprint density at radius 3 is 2.75 bits per heavy atom. The van der Waals surface area contributed by atoms with Crippen LogP contribution >= 0.6 is 0 Å². The molecule has 2 bridgehead atoms. The second kappa shape index (κ2) is 1.25. The topological polar surface area (TPSA) is 0 Å². The van der Waals surface area contributed by atoms with Gasteiger partial charge >= 0.3 is 0 Å². The summed E-state index contributed by atoms with van der Waals surface area (Å²) in [4.78, 5) is 0. The van der Waals surface area contributed by atoms with E-state index in [1.54, 1.807) is 5.57 Å². The van der Waals surface area contributed by atoms with E-state index in [9.17, 15) is 0 Å². The third-order valence-electron chi connectivity index (χ3n) is 2.18. The number of fused-ring (bicyclic) bond motifs is 2. The van der Waals surface area contributed by atoms with E-state index in [-0.39, 0.29) is 0 Å². The van der Waals surface area contributed by atoms with Gasteiger partial charge in [0.2, 0.25) is 0 Å². The average Bonchev–Trinajstić information content (AvgIpc) is 2.23. The molecule has 0 aromatic heterocycles. The molecule has 0 saturated heterocycles. The van der Waals surface area contributed by atoms with Crippen LogP contribution in [0.1, 0.15) is 13.3 Å². The molecule has 2 aliphatic rings. The highest BCUT2D eigenvalue weighted by Crippen LogP contribution is 2.37. The Balaban J connectivity index is 2.38. The Morgan fingerprint density at radius 2 is 2.50 bits per heavy atom. The standard InChI is InChI=1S/C8H10/c1-6-4-7-2-3-8(6)5-7/h2-4,6,8H,5H2,1H3. The van der Waals surface area contributed by atoms with Gasteiger partial charge < -0.3 is 0 Å². The van der Waals surface area contributed by atoms with E-state index in [0.29, 0.717) is 0 Å². The van der Waals surface area contributed by atoms with E-state index in [1.807, 2.05) is 0 Å². The number of allylic oxidation sites excluding steroid dienone is 4. The van der Waals surface area contributed by atoms with Crippen LogP contribution in [0.4, 0.5) is 0 Å². The highest BCUT2D eigenvalue weighted by Gasteiger charge is 2.24. The van der Waals surface area contributed by atoms with Crippen molar-refractivity contribution >= 4 is 0 Å². The van der Waals surface area contributed by atoms with E-state index < -0.39 is 0 Å². The first-order valence-corrected chi connectivity index (χ1v) is 3.25. The summed E-state index contributed by atoms with van der Waals surface area (Å²) >= 11 is 0. The predicted octanol–water partition coefficient (Wildman–Crippen LogP) is 2.14. The molecule has 0 fully saturated rings. The van der Waals surface area contributed by atoms with E-state index in [0.717, 1.165) is 11.8 Å². The van der Waals surface area contributed by atoms with Gasteiger partial charge in [0.1, 0.15) is 0 Å². The van der Waals surface area contributed by atoms with Crippen molar-refractivity contribution in [1.29, 1.82) is 0 Å². The highest BCUT2D eigenvalue weighted by molar-refractivity contribution is 5.33. The fourth-order valence-electron chi connectivity index (χ4n) is 1.60. The molecular weight excluding hydrogens is 96.1 g/mol. The molecule has 8 heavy (non-hydrogen) atoms. The van der Waals surface area contributed by atoms with Crippen molar-refractivity contribution in [2.24, 2.45) is 11.8 Å². The predicted molar refractivity (Wildman–Crippen MR) is 34.5 cm³/mol. The third-order valence-corrected chi connectivity index (χ3v) is 2.18. The Hall–Kier alpha value is -0.520. The second-order valence-corrected chi connectivity index (χ2v) is 2.83. The van der Waals surface area contributed by atoms with Gasteiger partial charge in [-0.15, -0.1) is 0 Å². The largest absolute Gasteiger partial charge is 0.0802 e. The van der Waals surface area contributed by atoms with Crippen LogP contribution in [0.3, 0.4) is 0 Å². The minimum absolute atomic E-state index is 0.829. The van der Waals surface area contributed by atoms with Crippen LogP contribution in [-0.2, 0) is 0 Å². The molecule has 0 heteroatoms. The molecule has 0 nitrogen and oxygen atoms in total. The monoisotopic (exact) mass is 106 g/mol. The molecule has 0 radical (unpaired) electrons. The van der Waals surface area contributed by atoms with Gasteiger partial charge in [-0.2, -0.15) is 0 Å². The molecule has 0 spiro atoms. The van der Waals surface area contributed by atoms with Gasteiger partial charge in [-0.1, -0.05) is 30.7 Å². The normalized spacial score (nSPS) is 40.9. The third kappa shape index (κ3) is 0.405. The maximum Gasteiger partial charge on any atom is -0.0129 e. The quantitative estimate of drug-likeness (QED) is 0.444. The zero-order chi connectivity index (χ0) is 5.56.